The molecule has 0 spiro atoms. The molecule has 0 atom stereocenters. The molecular formula is C12H10BrN3. The SMILES string of the molecule is N#CCCc1ncc(-c2cccc(Br)c2)[nH]1. The van der Waals surface area contributed by atoms with Gasteiger partial charge in [0.2, 0.25) is 0 Å². The molecule has 1 N–H and O–H groups in total. The van der Waals surface area contributed by atoms with Gasteiger partial charge in [-0.25, -0.2) is 4.98 Å². The molecule has 0 amide bonds. The predicted octanol–water partition coefficient (Wildman–Crippen LogP) is 3.30. The number of imidazole rings is 1. The molecule has 3 nitrogen and oxygen atoms in total. The normalized spacial score (nSPS) is 10.0. The summed E-state index contributed by atoms with van der Waals surface area (Å²) in [4.78, 5) is 7.45. The van der Waals surface area contributed by atoms with E-state index < -0.39 is 0 Å². The van der Waals surface area contributed by atoms with Crippen molar-refractivity contribution in [3.8, 4) is 17.3 Å². The predicted molar refractivity (Wildman–Crippen MR) is 65.7 cm³/mol. The second-order valence-corrected chi connectivity index (χ2v) is 4.33. The van der Waals surface area contributed by atoms with E-state index in [1.807, 2.05) is 24.3 Å². The first-order chi connectivity index (χ1) is 7.79. The monoisotopic (exact) mass is 275 g/mol. The molecule has 1 aromatic heterocycles. The third kappa shape index (κ3) is 2.50. The molecular weight excluding hydrogens is 266 g/mol. The fourth-order valence-corrected chi connectivity index (χ4v) is 1.87. The number of nitrogens with zero attached hydrogens (tertiary/aromatic N) is 2. The molecule has 1 heterocycles. The van der Waals surface area contributed by atoms with Crippen molar-refractivity contribution < 1.29 is 0 Å². The molecule has 0 radical (unpaired) electrons. The topological polar surface area (TPSA) is 52.5 Å². The highest BCUT2D eigenvalue weighted by molar-refractivity contribution is 9.10. The van der Waals surface area contributed by atoms with Crippen molar-refractivity contribution in [1.82, 2.24) is 9.97 Å². The second-order valence-electron chi connectivity index (χ2n) is 3.41. The van der Waals surface area contributed by atoms with Crippen molar-refractivity contribution >= 4 is 15.9 Å². The molecule has 0 bridgehead atoms. The fraction of sp³-hybridized carbons (Fsp3) is 0.167. The van der Waals surface area contributed by atoms with Gasteiger partial charge in [-0.3, -0.25) is 0 Å². The average Bonchev–Trinajstić information content (AvgIpc) is 2.75. The molecule has 0 saturated heterocycles. The number of halogens is 1. The maximum atomic E-state index is 8.49. The van der Waals surface area contributed by atoms with Crippen LogP contribution in [0.2, 0.25) is 0 Å². The van der Waals surface area contributed by atoms with Crippen molar-refractivity contribution in [3.05, 3.63) is 40.8 Å². The minimum absolute atomic E-state index is 0.492. The molecule has 0 aliphatic rings. The molecule has 80 valence electrons. The van der Waals surface area contributed by atoms with Crippen LogP contribution in [0.15, 0.2) is 34.9 Å². The molecule has 0 aliphatic carbocycles. The molecule has 2 rings (SSSR count). The Kier molecular flexibility index (Phi) is 3.37. The maximum Gasteiger partial charge on any atom is 0.107 e. The Morgan fingerprint density at radius 2 is 2.31 bits per heavy atom. The van der Waals surface area contributed by atoms with E-state index >= 15 is 0 Å². The van der Waals surface area contributed by atoms with Gasteiger partial charge < -0.3 is 4.98 Å². The lowest BCUT2D eigenvalue weighted by atomic mass is 10.2. The van der Waals surface area contributed by atoms with E-state index in [9.17, 15) is 0 Å². The highest BCUT2D eigenvalue weighted by atomic mass is 79.9. The highest BCUT2D eigenvalue weighted by Gasteiger charge is 2.03. The van der Waals surface area contributed by atoms with Gasteiger partial charge in [-0.1, -0.05) is 28.1 Å². The zero-order chi connectivity index (χ0) is 11.4. The smallest absolute Gasteiger partial charge is 0.107 e. The summed E-state index contributed by atoms with van der Waals surface area (Å²) in [6.07, 6.45) is 2.96. The second kappa shape index (κ2) is 4.95. The van der Waals surface area contributed by atoms with E-state index in [2.05, 4.69) is 32.0 Å². The van der Waals surface area contributed by atoms with Crippen LogP contribution >= 0.6 is 15.9 Å². The van der Waals surface area contributed by atoms with E-state index in [-0.39, 0.29) is 0 Å². The summed E-state index contributed by atoms with van der Waals surface area (Å²) in [5.74, 6) is 0.858. The quantitative estimate of drug-likeness (QED) is 0.935. The number of aromatic amines is 1. The molecule has 0 unspecified atom stereocenters. The largest absolute Gasteiger partial charge is 0.342 e. The summed E-state index contributed by atoms with van der Waals surface area (Å²) in [7, 11) is 0. The summed E-state index contributed by atoms with van der Waals surface area (Å²) in [5.41, 5.74) is 2.07. The number of H-pyrrole nitrogens is 1. The van der Waals surface area contributed by atoms with Crippen molar-refractivity contribution in [2.75, 3.05) is 0 Å². The van der Waals surface area contributed by atoms with Gasteiger partial charge in [0.1, 0.15) is 5.82 Å². The molecule has 1 aromatic carbocycles. The summed E-state index contributed by atoms with van der Waals surface area (Å²) < 4.78 is 1.04. The average molecular weight is 276 g/mol. The minimum atomic E-state index is 0.492. The first kappa shape index (κ1) is 10.9. The molecule has 0 aliphatic heterocycles. The summed E-state index contributed by atoms with van der Waals surface area (Å²) in [6.45, 7) is 0. The molecule has 2 aromatic rings. The van der Waals surface area contributed by atoms with Crippen LogP contribution in [-0.2, 0) is 6.42 Å². The molecule has 0 saturated carbocycles. The van der Waals surface area contributed by atoms with E-state index in [1.54, 1.807) is 6.20 Å². The van der Waals surface area contributed by atoms with Crippen molar-refractivity contribution in [1.29, 1.82) is 5.26 Å². The standard InChI is InChI=1S/C12H10BrN3/c13-10-4-1-3-9(7-10)11-8-15-12(16-11)5-2-6-14/h1,3-4,7-8H,2,5H2,(H,15,16). The number of benzene rings is 1. The minimum Gasteiger partial charge on any atom is -0.342 e. The number of nitrogens with one attached hydrogen (secondary N) is 1. The van der Waals surface area contributed by atoms with Crippen molar-refractivity contribution in [3.63, 3.8) is 0 Å². The van der Waals surface area contributed by atoms with Crippen LogP contribution in [0.5, 0.6) is 0 Å². The number of hydrogen-bond acceptors (Lipinski definition) is 2. The van der Waals surface area contributed by atoms with E-state index in [0.717, 1.165) is 21.6 Å². The van der Waals surface area contributed by atoms with Crippen LogP contribution in [0.3, 0.4) is 0 Å². The van der Waals surface area contributed by atoms with Crippen LogP contribution in [-0.4, -0.2) is 9.97 Å². The van der Waals surface area contributed by atoms with Crippen LogP contribution in [0, 0.1) is 11.3 Å². The number of rotatable bonds is 3. The summed E-state index contributed by atoms with van der Waals surface area (Å²) >= 11 is 3.43. The van der Waals surface area contributed by atoms with Gasteiger partial charge in [-0.05, 0) is 12.1 Å². The third-order valence-electron chi connectivity index (χ3n) is 2.24. The number of aryl methyl sites for hydroxylation is 1. The lowest BCUT2D eigenvalue weighted by Crippen LogP contribution is -1.86. The van der Waals surface area contributed by atoms with Gasteiger partial charge in [0.15, 0.2) is 0 Å². The Balaban J connectivity index is 2.22. The van der Waals surface area contributed by atoms with Crippen LogP contribution < -0.4 is 0 Å². The number of hydrogen-bond donors (Lipinski definition) is 1. The van der Waals surface area contributed by atoms with Gasteiger partial charge in [-0.2, -0.15) is 5.26 Å². The Hall–Kier alpha value is -1.60. The summed E-state index contributed by atoms with van der Waals surface area (Å²) in [5, 5.41) is 8.49. The van der Waals surface area contributed by atoms with Crippen molar-refractivity contribution in [2.24, 2.45) is 0 Å². The van der Waals surface area contributed by atoms with Gasteiger partial charge in [-0.15, -0.1) is 0 Å². The zero-order valence-corrected chi connectivity index (χ0v) is 10.2. The van der Waals surface area contributed by atoms with E-state index in [1.165, 1.54) is 0 Å². The molecule has 16 heavy (non-hydrogen) atoms. The first-order valence-electron chi connectivity index (χ1n) is 4.96. The zero-order valence-electron chi connectivity index (χ0n) is 8.57. The summed E-state index contributed by atoms with van der Waals surface area (Å²) in [6, 6.07) is 10.1. The van der Waals surface area contributed by atoms with Gasteiger partial charge >= 0.3 is 0 Å². The molecule has 0 fully saturated rings. The van der Waals surface area contributed by atoms with Gasteiger partial charge in [0.25, 0.3) is 0 Å². The lowest BCUT2D eigenvalue weighted by Gasteiger charge is -1.97. The number of aromatic nitrogens is 2. The number of nitriles is 1. The Labute approximate surface area is 102 Å². The van der Waals surface area contributed by atoms with Crippen LogP contribution in [0.1, 0.15) is 12.2 Å². The first-order valence-corrected chi connectivity index (χ1v) is 5.75. The van der Waals surface area contributed by atoms with E-state index in [4.69, 9.17) is 5.26 Å². The van der Waals surface area contributed by atoms with Gasteiger partial charge in [0.05, 0.1) is 18.0 Å². The van der Waals surface area contributed by atoms with Crippen molar-refractivity contribution in [2.45, 2.75) is 12.8 Å². The third-order valence-corrected chi connectivity index (χ3v) is 2.73. The highest BCUT2D eigenvalue weighted by Crippen LogP contribution is 2.21. The maximum absolute atomic E-state index is 8.49. The molecule has 4 heteroatoms. The Morgan fingerprint density at radius 3 is 3.06 bits per heavy atom. The van der Waals surface area contributed by atoms with Crippen LogP contribution in [0.25, 0.3) is 11.3 Å². The Morgan fingerprint density at radius 1 is 1.44 bits per heavy atom. The lowest BCUT2D eigenvalue weighted by molar-refractivity contribution is 0.918. The Bertz CT molecular complexity index is 525. The van der Waals surface area contributed by atoms with Crippen LogP contribution in [0.4, 0.5) is 0 Å². The fourth-order valence-electron chi connectivity index (χ4n) is 1.47. The van der Waals surface area contributed by atoms with E-state index in [0.29, 0.717) is 12.8 Å². The van der Waals surface area contributed by atoms with Gasteiger partial charge in [0, 0.05) is 22.9 Å².